The second-order valence-corrected chi connectivity index (χ2v) is 27.4. The molecule has 4 aromatic heterocycles. The maximum atomic E-state index is 4.78. The predicted octanol–water partition coefficient (Wildman–Crippen LogP) is 23.5. The van der Waals surface area contributed by atoms with Gasteiger partial charge in [0.25, 0.3) is 0 Å². The Labute approximate surface area is 568 Å². The summed E-state index contributed by atoms with van der Waals surface area (Å²) in [6, 6.07) is 103. The lowest BCUT2D eigenvalue weighted by Gasteiger charge is -2.24. The van der Waals surface area contributed by atoms with Crippen LogP contribution in [0.4, 0.5) is 0 Å². The second kappa shape index (κ2) is 22.1. The van der Waals surface area contributed by atoms with Gasteiger partial charge in [0, 0.05) is 59.1 Å². The van der Waals surface area contributed by atoms with E-state index in [9.17, 15) is 0 Å². The van der Waals surface area contributed by atoms with Gasteiger partial charge in [-0.25, -0.2) is 19.9 Å². The molecule has 0 aliphatic heterocycles. The molecule has 14 aromatic carbocycles. The maximum Gasteiger partial charge on any atom is 0.234 e. The van der Waals surface area contributed by atoms with Crippen molar-refractivity contribution in [2.75, 3.05) is 0 Å². The molecule has 0 bridgehead atoms. The fraction of sp³-hybridized carbons (Fsp3) is 0.0652. The van der Waals surface area contributed by atoms with E-state index in [1.165, 1.54) is 154 Å². The first-order chi connectivity index (χ1) is 48.1. The van der Waals surface area contributed by atoms with Gasteiger partial charge in [-0.15, -0.1) is 0 Å². The first-order valence-corrected chi connectivity index (χ1v) is 33.8. The molecule has 0 atom stereocenters. The van der Waals surface area contributed by atoms with Gasteiger partial charge in [0.1, 0.15) is 0 Å². The molecule has 0 radical (unpaired) electrons. The van der Waals surface area contributed by atoms with Gasteiger partial charge >= 0.3 is 0 Å². The molecule has 0 N–H and O–H groups in total. The molecule has 0 saturated heterocycles. The molecule has 0 amide bonds. The van der Waals surface area contributed by atoms with Crippen LogP contribution in [0.1, 0.15) is 49.9 Å². The molecule has 0 spiro atoms. The van der Waals surface area contributed by atoms with E-state index in [0.29, 0.717) is 11.6 Å². The van der Waals surface area contributed by atoms with E-state index in [2.05, 4.69) is 305 Å². The molecule has 4 heterocycles. The zero-order valence-corrected chi connectivity index (χ0v) is 54.7. The number of nitrogens with zero attached hydrogens (tertiary/aromatic N) is 6. The van der Waals surface area contributed by atoms with Gasteiger partial charge in [-0.1, -0.05) is 264 Å². The zero-order chi connectivity index (χ0) is 65.4. The number of fused-ring (bicyclic) bond motifs is 13. The second-order valence-electron chi connectivity index (χ2n) is 27.4. The van der Waals surface area contributed by atoms with Gasteiger partial charge in [-0.2, -0.15) is 0 Å². The van der Waals surface area contributed by atoms with Gasteiger partial charge in [0.05, 0.1) is 11.4 Å². The minimum atomic E-state index is -0.110. The molecule has 20 rings (SSSR count). The highest BCUT2D eigenvalue weighted by Gasteiger charge is 2.38. The molecule has 6 heteroatoms. The van der Waals surface area contributed by atoms with Crippen LogP contribution in [-0.2, 0) is 10.8 Å². The summed E-state index contributed by atoms with van der Waals surface area (Å²) in [7, 11) is 0. The summed E-state index contributed by atoms with van der Waals surface area (Å²) in [5.74, 6) is 1.41. The Kier molecular flexibility index (Phi) is 12.9. The largest absolute Gasteiger partial charge is 0.291 e. The summed E-state index contributed by atoms with van der Waals surface area (Å²) in [6.45, 7) is 9.47. The first-order valence-electron chi connectivity index (χ1n) is 33.8. The molecule has 462 valence electrons. The number of imidazole rings is 2. The van der Waals surface area contributed by atoms with Crippen molar-refractivity contribution < 1.29 is 0 Å². The van der Waals surface area contributed by atoms with E-state index >= 15 is 0 Å². The van der Waals surface area contributed by atoms with Gasteiger partial charge in [0.15, 0.2) is 0 Å². The van der Waals surface area contributed by atoms with Crippen LogP contribution >= 0.6 is 0 Å². The van der Waals surface area contributed by atoms with Gasteiger partial charge in [-0.3, -0.25) is 8.80 Å². The lowest BCUT2D eigenvalue weighted by atomic mass is 9.79. The Morgan fingerprint density at radius 2 is 0.612 bits per heavy atom. The van der Waals surface area contributed by atoms with Crippen LogP contribution in [0.5, 0.6) is 0 Å². The highest BCUT2D eigenvalue weighted by Crippen LogP contribution is 2.56. The summed E-state index contributed by atoms with van der Waals surface area (Å²) >= 11 is 0. The minimum absolute atomic E-state index is 0.104. The Morgan fingerprint density at radius 3 is 1.07 bits per heavy atom. The van der Waals surface area contributed by atoms with Crippen molar-refractivity contribution in [3.63, 3.8) is 0 Å². The van der Waals surface area contributed by atoms with Crippen LogP contribution in [0.15, 0.2) is 316 Å². The zero-order valence-electron chi connectivity index (χ0n) is 54.7. The quantitative estimate of drug-likeness (QED) is 0.149. The van der Waals surface area contributed by atoms with Crippen molar-refractivity contribution >= 4 is 65.4 Å². The Hall–Kier alpha value is -12.4. The molecule has 18 aromatic rings. The third kappa shape index (κ3) is 9.02. The summed E-state index contributed by atoms with van der Waals surface area (Å²) in [6.07, 6.45) is 11.6. The fourth-order valence-electron chi connectivity index (χ4n) is 16.3. The molecule has 0 fully saturated rings. The van der Waals surface area contributed by atoms with E-state index in [4.69, 9.17) is 9.97 Å². The molecule has 2 aliphatic carbocycles. The molecular formula is C92H64N6. The van der Waals surface area contributed by atoms with Gasteiger partial charge in [0.2, 0.25) is 11.6 Å². The maximum absolute atomic E-state index is 4.78. The fourth-order valence-corrected chi connectivity index (χ4v) is 16.3. The highest BCUT2D eigenvalue weighted by atomic mass is 15.1. The predicted molar refractivity (Wildman–Crippen MR) is 407 cm³/mol. The number of hydrogen-bond donors (Lipinski definition) is 0. The molecule has 6 nitrogen and oxygen atoms in total. The van der Waals surface area contributed by atoms with Crippen molar-refractivity contribution in [2.24, 2.45) is 0 Å². The van der Waals surface area contributed by atoms with Crippen LogP contribution < -0.4 is 0 Å². The number of aromatic nitrogens is 6. The third-order valence-electron chi connectivity index (χ3n) is 21.2. The van der Waals surface area contributed by atoms with Crippen molar-refractivity contribution in [2.45, 2.75) is 38.5 Å². The van der Waals surface area contributed by atoms with Crippen molar-refractivity contribution in [1.82, 2.24) is 28.7 Å². The third-order valence-corrected chi connectivity index (χ3v) is 21.2. The minimum Gasteiger partial charge on any atom is -0.291 e. The summed E-state index contributed by atoms with van der Waals surface area (Å²) in [5, 5.41) is 12.6. The van der Waals surface area contributed by atoms with E-state index in [-0.39, 0.29) is 10.8 Å². The van der Waals surface area contributed by atoms with E-state index in [1.807, 2.05) is 45.7 Å². The number of rotatable bonds is 7. The Bertz CT molecular complexity index is 6210. The average molecular weight is 1250 g/mol. The average Bonchev–Trinajstić information content (AvgIpc) is 1.36. The van der Waals surface area contributed by atoms with Crippen LogP contribution in [0, 0.1) is 0 Å². The summed E-state index contributed by atoms with van der Waals surface area (Å²) in [5.41, 5.74) is 27.0. The van der Waals surface area contributed by atoms with Gasteiger partial charge < -0.3 is 0 Å². The first kappa shape index (κ1) is 57.1. The number of hydrogen-bond acceptors (Lipinski definition) is 4. The van der Waals surface area contributed by atoms with Crippen LogP contribution in [0.3, 0.4) is 0 Å². The van der Waals surface area contributed by atoms with Crippen molar-refractivity contribution in [3.05, 3.63) is 338 Å². The number of benzene rings is 14. The van der Waals surface area contributed by atoms with Crippen LogP contribution in [0.2, 0.25) is 0 Å². The van der Waals surface area contributed by atoms with E-state index in [0.717, 1.165) is 22.5 Å². The standard InChI is InChI=1S/C47H33N3.C45H31N3/c1-47(2)41-16-9-8-13-35(41)38-27-39-40(28-42(38)47)45(34-23-19-32(20-24-34)43-29-50-26-10-25-48-46(50)49-43)37-15-7-6-14-36(37)44(39)33-21-17-31(18-22-33)30-11-4-3-5-12-30;1-45(2)39-15-8-7-12-33(39)36-25-37-38(26-40(36)45)42(30-19-17-29(18-20-30)41-27-48-23-9-22-46-44(48)47-41)34-13-5-6-14-35(34)43(37)32-21-16-28-10-3-4-11-31(28)24-32/h3-29H,1-2H3;3-27H,1-2H3. The Balaban J connectivity index is 0.000000137. The van der Waals surface area contributed by atoms with Crippen molar-refractivity contribution in [3.8, 4) is 100 Å². The van der Waals surface area contributed by atoms with Crippen molar-refractivity contribution in [1.29, 1.82) is 0 Å². The normalized spacial score (nSPS) is 13.3. The molecular weight excluding hydrogens is 1190 g/mol. The lowest BCUT2D eigenvalue weighted by molar-refractivity contribution is 0.661. The lowest BCUT2D eigenvalue weighted by Crippen LogP contribution is -2.14. The van der Waals surface area contributed by atoms with Gasteiger partial charge in [-0.05, 0) is 196 Å². The van der Waals surface area contributed by atoms with Crippen LogP contribution in [-0.4, -0.2) is 28.7 Å². The SMILES string of the molecule is CC1(C)c2ccccc2-c2cc3c(-c4ccc(-c5ccccc5)cc4)c4ccccc4c(-c4ccc(-c5cn6cccnc6n5)cc4)c3cc21.CC1(C)c2ccccc2-c2cc3c(-c4ccc5ccccc5c4)c4ccccc4c(-c4ccc(-c5cn6cccnc6n5)cc4)c3cc21. The summed E-state index contributed by atoms with van der Waals surface area (Å²) < 4.78 is 3.94. The molecule has 0 saturated carbocycles. The Morgan fingerprint density at radius 1 is 0.255 bits per heavy atom. The molecule has 2 aliphatic rings. The topological polar surface area (TPSA) is 60.4 Å². The van der Waals surface area contributed by atoms with E-state index in [1.54, 1.807) is 12.4 Å². The molecule has 0 unspecified atom stereocenters. The van der Waals surface area contributed by atoms with Crippen LogP contribution in [0.25, 0.3) is 166 Å². The highest BCUT2D eigenvalue weighted by molar-refractivity contribution is 6.24. The van der Waals surface area contributed by atoms with E-state index < -0.39 is 0 Å². The molecule has 98 heavy (non-hydrogen) atoms. The smallest absolute Gasteiger partial charge is 0.234 e. The summed E-state index contributed by atoms with van der Waals surface area (Å²) in [4.78, 5) is 18.4. The monoisotopic (exact) mass is 1250 g/mol.